The fraction of sp³-hybridized carbons (Fsp3) is 0.600. The number of nitrogens with two attached hydrogens (primary N) is 1. The van der Waals surface area contributed by atoms with E-state index in [-0.39, 0.29) is 0 Å². The fourth-order valence-corrected chi connectivity index (χ4v) is 1.38. The number of hydrogen-bond donors (Lipinski definition) is 2. The maximum atomic E-state index is 5.25. The molecule has 2 rings (SSSR count). The lowest BCUT2D eigenvalue weighted by molar-refractivity contribution is 0.122. The zero-order chi connectivity index (χ0) is 11.8. The highest BCUT2D eigenvalue weighted by molar-refractivity contribution is 5.44. The zero-order valence-electron chi connectivity index (χ0n) is 9.81. The van der Waals surface area contributed by atoms with Crippen molar-refractivity contribution in [1.82, 2.24) is 9.97 Å². The zero-order valence-corrected chi connectivity index (χ0v) is 9.81. The van der Waals surface area contributed by atoms with Crippen molar-refractivity contribution < 1.29 is 4.74 Å². The van der Waals surface area contributed by atoms with Gasteiger partial charge < -0.3 is 9.64 Å². The number of nitrogen functional groups attached to an aromatic ring is 1. The average Bonchev–Trinajstić information content (AvgIpc) is 2.42. The number of anilines is 2. The Labute approximate surface area is 95.8 Å². The van der Waals surface area contributed by atoms with Crippen LogP contribution in [0.25, 0.3) is 0 Å². The van der Waals surface area contributed by atoms with Gasteiger partial charge in [0.1, 0.15) is 0 Å². The van der Waals surface area contributed by atoms with Gasteiger partial charge in [0.2, 0.25) is 5.95 Å². The molecule has 1 saturated heterocycles. The molecule has 1 aromatic heterocycles. The van der Waals surface area contributed by atoms with Gasteiger partial charge in [-0.1, -0.05) is 13.8 Å². The summed E-state index contributed by atoms with van der Waals surface area (Å²) in [5.41, 5.74) is 3.40. The van der Waals surface area contributed by atoms with Crippen LogP contribution in [-0.2, 0) is 4.74 Å². The van der Waals surface area contributed by atoms with E-state index in [1.165, 1.54) is 0 Å². The summed E-state index contributed by atoms with van der Waals surface area (Å²) in [4.78, 5) is 10.3. The summed E-state index contributed by atoms with van der Waals surface area (Å²) in [6, 6.07) is 0. The number of aromatic nitrogens is 2. The first kappa shape index (κ1) is 12.7. The Bertz CT molecular complexity index is 284. The molecule has 6 heteroatoms. The third-order valence-corrected chi connectivity index (χ3v) is 2.14. The Morgan fingerprint density at radius 1 is 1.25 bits per heavy atom. The minimum atomic E-state index is 0.432. The summed E-state index contributed by atoms with van der Waals surface area (Å²) in [5, 5.41) is 0. The predicted octanol–water partition coefficient (Wildman–Crippen LogP) is 0.625. The van der Waals surface area contributed by atoms with Crippen LogP contribution in [0.4, 0.5) is 11.6 Å². The molecule has 0 unspecified atom stereocenters. The van der Waals surface area contributed by atoms with Crippen molar-refractivity contribution in [2.75, 3.05) is 36.6 Å². The van der Waals surface area contributed by atoms with E-state index < -0.39 is 0 Å². The average molecular weight is 225 g/mol. The Balaban J connectivity index is 0.000000606. The van der Waals surface area contributed by atoms with E-state index in [2.05, 4.69) is 20.3 Å². The molecule has 3 N–H and O–H groups in total. The topological polar surface area (TPSA) is 76.3 Å². The molecule has 1 aromatic rings. The van der Waals surface area contributed by atoms with E-state index in [4.69, 9.17) is 10.6 Å². The molecule has 16 heavy (non-hydrogen) atoms. The standard InChI is InChI=1S/C8H13N5O.C2H6/c9-12-8-10-5-7(6-11-8)13-1-3-14-4-2-13;1-2/h5-6H,1-4,9H2,(H,10,11,12);1-2H3. The van der Waals surface area contributed by atoms with E-state index in [0.717, 1.165) is 32.0 Å². The number of morpholine rings is 1. The van der Waals surface area contributed by atoms with E-state index in [1.54, 1.807) is 12.4 Å². The van der Waals surface area contributed by atoms with Gasteiger partial charge in [-0.15, -0.1) is 0 Å². The fourth-order valence-electron chi connectivity index (χ4n) is 1.38. The summed E-state index contributed by atoms with van der Waals surface area (Å²) in [6.07, 6.45) is 3.51. The van der Waals surface area contributed by atoms with Crippen LogP contribution in [-0.4, -0.2) is 36.3 Å². The molecule has 0 saturated carbocycles. The molecule has 1 aliphatic rings. The number of nitrogens with zero attached hydrogens (tertiary/aromatic N) is 3. The van der Waals surface area contributed by atoms with Crippen LogP contribution in [0, 0.1) is 0 Å². The molecule has 0 bridgehead atoms. The molecule has 1 aliphatic heterocycles. The van der Waals surface area contributed by atoms with Crippen molar-refractivity contribution in [3.05, 3.63) is 12.4 Å². The van der Waals surface area contributed by atoms with E-state index in [1.807, 2.05) is 13.8 Å². The highest BCUT2D eigenvalue weighted by Gasteiger charge is 2.11. The van der Waals surface area contributed by atoms with Gasteiger partial charge in [0.05, 0.1) is 31.3 Å². The van der Waals surface area contributed by atoms with Crippen molar-refractivity contribution >= 4 is 11.6 Å². The SMILES string of the molecule is CC.NNc1ncc(N2CCOCC2)cn1. The maximum absolute atomic E-state index is 5.25. The molecule has 0 radical (unpaired) electrons. The van der Waals surface area contributed by atoms with Crippen LogP contribution in [0.15, 0.2) is 12.4 Å². The lowest BCUT2D eigenvalue weighted by Crippen LogP contribution is -2.36. The number of nitrogens with one attached hydrogen (secondary N) is 1. The molecule has 0 aromatic carbocycles. The Kier molecular flexibility index (Phi) is 5.52. The van der Waals surface area contributed by atoms with Crippen molar-refractivity contribution in [3.63, 3.8) is 0 Å². The lowest BCUT2D eigenvalue weighted by atomic mass is 10.4. The number of hydrazine groups is 1. The third-order valence-electron chi connectivity index (χ3n) is 2.14. The molecule has 2 heterocycles. The van der Waals surface area contributed by atoms with Crippen LogP contribution in [0.3, 0.4) is 0 Å². The second kappa shape index (κ2) is 6.97. The van der Waals surface area contributed by atoms with Crippen molar-refractivity contribution in [3.8, 4) is 0 Å². The molecule has 0 atom stereocenters. The molecular weight excluding hydrogens is 206 g/mol. The summed E-state index contributed by atoms with van der Waals surface area (Å²) in [6.45, 7) is 7.30. The minimum absolute atomic E-state index is 0.432. The van der Waals surface area contributed by atoms with E-state index in [9.17, 15) is 0 Å². The molecular formula is C10H19N5O. The number of ether oxygens (including phenoxy) is 1. The van der Waals surface area contributed by atoms with E-state index >= 15 is 0 Å². The molecule has 0 spiro atoms. The monoisotopic (exact) mass is 225 g/mol. The van der Waals surface area contributed by atoms with Crippen LogP contribution in [0.5, 0.6) is 0 Å². The van der Waals surface area contributed by atoms with Crippen LogP contribution in [0.1, 0.15) is 13.8 Å². The van der Waals surface area contributed by atoms with Crippen molar-refractivity contribution in [2.45, 2.75) is 13.8 Å². The highest BCUT2D eigenvalue weighted by atomic mass is 16.5. The van der Waals surface area contributed by atoms with Gasteiger partial charge in [-0.25, -0.2) is 15.8 Å². The van der Waals surface area contributed by atoms with Gasteiger partial charge in [0.15, 0.2) is 0 Å². The summed E-state index contributed by atoms with van der Waals surface area (Å²) in [5.74, 6) is 5.60. The smallest absolute Gasteiger partial charge is 0.237 e. The normalized spacial score (nSPS) is 15.1. The van der Waals surface area contributed by atoms with Gasteiger partial charge in [-0.3, -0.25) is 5.43 Å². The van der Waals surface area contributed by atoms with Gasteiger partial charge in [-0.2, -0.15) is 0 Å². The molecule has 0 amide bonds. The Morgan fingerprint density at radius 2 is 1.81 bits per heavy atom. The highest BCUT2D eigenvalue weighted by Crippen LogP contribution is 2.13. The Hall–Kier alpha value is -1.40. The second-order valence-corrected chi connectivity index (χ2v) is 3.01. The summed E-state index contributed by atoms with van der Waals surface area (Å²) in [7, 11) is 0. The van der Waals surface area contributed by atoms with Crippen molar-refractivity contribution in [1.29, 1.82) is 0 Å². The predicted molar refractivity (Wildman–Crippen MR) is 64.2 cm³/mol. The van der Waals surface area contributed by atoms with Crippen molar-refractivity contribution in [2.24, 2.45) is 5.84 Å². The first-order valence-corrected chi connectivity index (χ1v) is 5.51. The quantitative estimate of drug-likeness (QED) is 0.568. The van der Waals surface area contributed by atoms with Gasteiger partial charge in [-0.05, 0) is 0 Å². The lowest BCUT2D eigenvalue weighted by Gasteiger charge is -2.28. The molecule has 1 fully saturated rings. The minimum Gasteiger partial charge on any atom is -0.378 e. The maximum Gasteiger partial charge on any atom is 0.237 e. The summed E-state index contributed by atoms with van der Waals surface area (Å²) >= 11 is 0. The number of rotatable bonds is 2. The van der Waals surface area contributed by atoms with Gasteiger partial charge in [0, 0.05) is 13.1 Å². The first-order chi connectivity index (χ1) is 7.90. The van der Waals surface area contributed by atoms with Crippen LogP contribution < -0.4 is 16.2 Å². The largest absolute Gasteiger partial charge is 0.378 e. The Morgan fingerprint density at radius 3 is 2.31 bits per heavy atom. The number of hydrogen-bond acceptors (Lipinski definition) is 6. The molecule has 6 nitrogen and oxygen atoms in total. The van der Waals surface area contributed by atoms with Crippen LogP contribution >= 0.6 is 0 Å². The molecule has 90 valence electrons. The summed E-state index contributed by atoms with van der Waals surface area (Å²) < 4.78 is 5.25. The van der Waals surface area contributed by atoms with E-state index in [0.29, 0.717) is 5.95 Å². The first-order valence-electron chi connectivity index (χ1n) is 5.51. The molecule has 0 aliphatic carbocycles. The van der Waals surface area contributed by atoms with Gasteiger partial charge >= 0.3 is 0 Å². The second-order valence-electron chi connectivity index (χ2n) is 3.01. The third kappa shape index (κ3) is 3.32. The van der Waals surface area contributed by atoms with Gasteiger partial charge in [0.25, 0.3) is 0 Å². The van der Waals surface area contributed by atoms with Crippen LogP contribution in [0.2, 0.25) is 0 Å².